The molecule has 2 saturated heterocycles. The summed E-state index contributed by atoms with van der Waals surface area (Å²) >= 11 is 0. The number of hydrogen-bond donors (Lipinski definition) is 0. The Labute approximate surface area is 121 Å². The molecule has 1 aromatic carbocycles. The second-order valence-corrected chi connectivity index (χ2v) is 6.07. The van der Waals surface area contributed by atoms with Gasteiger partial charge in [-0.2, -0.15) is 0 Å². The molecule has 2 heterocycles. The van der Waals surface area contributed by atoms with Crippen LogP contribution in [0.5, 0.6) is 0 Å². The van der Waals surface area contributed by atoms with Gasteiger partial charge in [0.25, 0.3) is 0 Å². The van der Waals surface area contributed by atoms with Crippen LogP contribution in [-0.4, -0.2) is 51.2 Å². The van der Waals surface area contributed by atoms with Crippen molar-refractivity contribution in [2.24, 2.45) is 0 Å². The molecule has 0 aromatic heterocycles. The summed E-state index contributed by atoms with van der Waals surface area (Å²) in [5.74, 6) is -0.0673. The fourth-order valence-electron chi connectivity index (χ4n) is 3.24. The van der Waals surface area contributed by atoms with Crippen LogP contribution in [0.2, 0.25) is 0 Å². The molecule has 2 aliphatic heterocycles. The molecule has 2 aliphatic rings. The maximum Gasteiger partial charge on any atom is 0.146 e. The van der Waals surface area contributed by atoms with E-state index < -0.39 is 0 Å². The molecular weight excluding hydrogens is 253 g/mol. The lowest BCUT2D eigenvalue weighted by atomic mass is 10.1. The highest BCUT2D eigenvalue weighted by Gasteiger charge is 2.21. The van der Waals surface area contributed by atoms with Crippen LogP contribution in [0.4, 0.5) is 15.8 Å². The molecule has 3 nitrogen and oxygen atoms in total. The van der Waals surface area contributed by atoms with Crippen LogP contribution in [0.1, 0.15) is 18.4 Å². The van der Waals surface area contributed by atoms with Crippen LogP contribution in [0, 0.1) is 12.7 Å². The number of halogens is 1. The van der Waals surface area contributed by atoms with E-state index in [1.165, 1.54) is 18.5 Å². The summed E-state index contributed by atoms with van der Waals surface area (Å²) < 4.78 is 14.2. The first-order valence-electron chi connectivity index (χ1n) is 7.64. The predicted molar refractivity (Wildman–Crippen MR) is 82.3 cm³/mol. The van der Waals surface area contributed by atoms with E-state index >= 15 is 0 Å². The fourth-order valence-corrected chi connectivity index (χ4v) is 3.24. The van der Waals surface area contributed by atoms with Gasteiger partial charge in [0.2, 0.25) is 0 Å². The number of likely N-dealkylation sites (N-methyl/N-ethyl adjacent to an activating group) is 1. The second-order valence-electron chi connectivity index (χ2n) is 6.07. The Morgan fingerprint density at radius 2 is 1.45 bits per heavy atom. The molecule has 110 valence electrons. The lowest BCUT2D eigenvalue weighted by Gasteiger charge is -2.35. The van der Waals surface area contributed by atoms with E-state index in [1.54, 1.807) is 6.07 Å². The first-order valence-corrected chi connectivity index (χ1v) is 7.64. The van der Waals surface area contributed by atoms with Crippen LogP contribution in [0.3, 0.4) is 0 Å². The Balaban J connectivity index is 1.88. The van der Waals surface area contributed by atoms with Crippen LogP contribution in [-0.2, 0) is 0 Å². The molecule has 0 spiro atoms. The van der Waals surface area contributed by atoms with Crippen molar-refractivity contribution in [1.29, 1.82) is 0 Å². The molecule has 0 aliphatic carbocycles. The average Bonchev–Trinajstić information content (AvgIpc) is 2.94. The third-order valence-corrected chi connectivity index (χ3v) is 4.56. The molecular formula is C16H24FN3. The quantitative estimate of drug-likeness (QED) is 0.822. The third kappa shape index (κ3) is 2.62. The first kappa shape index (κ1) is 13.7. The van der Waals surface area contributed by atoms with Gasteiger partial charge in [0.15, 0.2) is 0 Å². The summed E-state index contributed by atoms with van der Waals surface area (Å²) in [5.41, 5.74) is 3.05. The van der Waals surface area contributed by atoms with Crippen molar-refractivity contribution in [3.63, 3.8) is 0 Å². The van der Waals surface area contributed by atoms with Crippen molar-refractivity contribution in [3.05, 3.63) is 23.5 Å². The van der Waals surface area contributed by atoms with Crippen molar-refractivity contribution < 1.29 is 4.39 Å². The molecule has 0 saturated carbocycles. The fraction of sp³-hybridized carbons (Fsp3) is 0.625. The molecule has 0 radical (unpaired) electrons. The normalized spacial score (nSPS) is 20.8. The SMILES string of the molecule is Cc1cc(F)c(N2CCCC2)cc1N1CCN(C)CC1. The van der Waals surface area contributed by atoms with E-state index in [-0.39, 0.29) is 5.82 Å². The molecule has 2 fully saturated rings. The number of anilines is 2. The third-order valence-electron chi connectivity index (χ3n) is 4.56. The van der Waals surface area contributed by atoms with Gasteiger partial charge in [-0.05, 0) is 44.5 Å². The highest BCUT2D eigenvalue weighted by Crippen LogP contribution is 2.31. The van der Waals surface area contributed by atoms with Gasteiger partial charge >= 0.3 is 0 Å². The van der Waals surface area contributed by atoms with Crippen LogP contribution in [0.15, 0.2) is 12.1 Å². The molecule has 3 rings (SSSR count). The summed E-state index contributed by atoms with van der Waals surface area (Å²) in [5, 5.41) is 0. The zero-order valence-electron chi connectivity index (χ0n) is 12.5. The van der Waals surface area contributed by atoms with Crippen molar-refractivity contribution in [2.45, 2.75) is 19.8 Å². The number of hydrogen-bond acceptors (Lipinski definition) is 3. The van der Waals surface area contributed by atoms with E-state index in [0.717, 1.165) is 50.5 Å². The topological polar surface area (TPSA) is 9.72 Å². The largest absolute Gasteiger partial charge is 0.369 e. The minimum absolute atomic E-state index is 0.0673. The number of rotatable bonds is 2. The number of benzene rings is 1. The van der Waals surface area contributed by atoms with Gasteiger partial charge in [0.05, 0.1) is 5.69 Å². The average molecular weight is 277 g/mol. The van der Waals surface area contributed by atoms with Gasteiger partial charge in [0, 0.05) is 45.0 Å². The van der Waals surface area contributed by atoms with Gasteiger partial charge in [0.1, 0.15) is 5.82 Å². The first-order chi connectivity index (χ1) is 9.65. The number of aryl methyl sites for hydroxylation is 1. The van der Waals surface area contributed by atoms with Gasteiger partial charge in [-0.25, -0.2) is 4.39 Å². The Morgan fingerprint density at radius 1 is 0.850 bits per heavy atom. The Kier molecular flexibility index (Phi) is 3.83. The zero-order chi connectivity index (χ0) is 14.1. The predicted octanol–water partition coefficient (Wildman–Crippen LogP) is 2.49. The minimum Gasteiger partial charge on any atom is -0.369 e. The molecule has 0 atom stereocenters. The maximum atomic E-state index is 14.2. The lowest BCUT2D eigenvalue weighted by Crippen LogP contribution is -2.44. The van der Waals surface area contributed by atoms with E-state index in [2.05, 4.69) is 27.8 Å². The zero-order valence-corrected chi connectivity index (χ0v) is 12.5. The van der Waals surface area contributed by atoms with Crippen LogP contribution < -0.4 is 9.80 Å². The molecule has 0 unspecified atom stereocenters. The second kappa shape index (κ2) is 5.60. The Hall–Kier alpha value is -1.29. The van der Waals surface area contributed by atoms with Gasteiger partial charge in [-0.15, -0.1) is 0 Å². The Morgan fingerprint density at radius 3 is 2.10 bits per heavy atom. The summed E-state index contributed by atoms with van der Waals surface area (Å²) in [4.78, 5) is 6.93. The van der Waals surface area contributed by atoms with Crippen molar-refractivity contribution in [3.8, 4) is 0 Å². The highest BCUT2D eigenvalue weighted by molar-refractivity contribution is 5.64. The highest BCUT2D eigenvalue weighted by atomic mass is 19.1. The van der Waals surface area contributed by atoms with Gasteiger partial charge in [-0.1, -0.05) is 0 Å². The van der Waals surface area contributed by atoms with E-state index in [1.807, 2.05) is 6.92 Å². The minimum atomic E-state index is -0.0673. The number of nitrogens with zero attached hydrogens (tertiary/aromatic N) is 3. The summed E-state index contributed by atoms with van der Waals surface area (Å²) in [6.45, 7) is 8.21. The summed E-state index contributed by atoms with van der Waals surface area (Å²) in [6.07, 6.45) is 2.36. The monoisotopic (exact) mass is 277 g/mol. The van der Waals surface area contributed by atoms with Crippen LogP contribution >= 0.6 is 0 Å². The molecule has 1 aromatic rings. The van der Waals surface area contributed by atoms with Crippen molar-refractivity contribution in [2.75, 3.05) is 56.1 Å². The molecule has 4 heteroatoms. The summed E-state index contributed by atoms with van der Waals surface area (Å²) in [7, 11) is 2.16. The smallest absolute Gasteiger partial charge is 0.146 e. The Bertz CT molecular complexity index is 475. The molecule has 0 N–H and O–H groups in total. The van der Waals surface area contributed by atoms with Crippen molar-refractivity contribution >= 4 is 11.4 Å². The summed E-state index contributed by atoms with van der Waals surface area (Å²) in [6, 6.07) is 3.78. The van der Waals surface area contributed by atoms with Crippen molar-refractivity contribution in [1.82, 2.24) is 4.90 Å². The molecule has 0 amide bonds. The van der Waals surface area contributed by atoms with Crippen LogP contribution in [0.25, 0.3) is 0 Å². The van der Waals surface area contributed by atoms with Gasteiger partial charge in [-0.3, -0.25) is 0 Å². The van der Waals surface area contributed by atoms with E-state index in [9.17, 15) is 4.39 Å². The molecule has 0 bridgehead atoms. The molecule has 20 heavy (non-hydrogen) atoms. The standard InChI is InChI=1S/C16H24FN3/c1-13-11-14(17)16(19-5-3-4-6-19)12-15(13)20-9-7-18(2)8-10-20/h11-12H,3-10H2,1-2H3. The van der Waals surface area contributed by atoms with E-state index in [4.69, 9.17) is 0 Å². The lowest BCUT2D eigenvalue weighted by molar-refractivity contribution is 0.312. The van der Waals surface area contributed by atoms with Gasteiger partial charge < -0.3 is 14.7 Å². The number of piperazine rings is 1. The maximum absolute atomic E-state index is 14.2. The van der Waals surface area contributed by atoms with E-state index in [0.29, 0.717) is 0 Å².